The Kier molecular flexibility index (Phi) is 4.36. The fourth-order valence-electron chi connectivity index (χ4n) is 2.66. The van der Waals surface area contributed by atoms with Gasteiger partial charge in [0.1, 0.15) is 21.8 Å². The predicted octanol–water partition coefficient (Wildman–Crippen LogP) is 2.85. The molecule has 2 heterocycles. The van der Waals surface area contributed by atoms with Crippen LogP contribution in [-0.2, 0) is 14.3 Å². The first-order valence-electron chi connectivity index (χ1n) is 7.95. The molecule has 132 valence electrons. The van der Waals surface area contributed by atoms with Gasteiger partial charge in [-0.1, -0.05) is 42.1 Å². The van der Waals surface area contributed by atoms with Crippen LogP contribution < -0.4 is 0 Å². The van der Waals surface area contributed by atoms with Crippen LogP contribution in [0.5, 0.6) is 0 Å². The van der Waals surface area contributed by atoms with E-state index in [1.165, 1.54) is 23.6 Å². The number of benzene rings is 1. The lowest BCUT2D eigenvalue weighted by molar-refractivity contribution is -0.158. The summed E-state index contributed by atoms with van der Waals surface area (Å²) in [5.41, 5.74) is 0.0935. The molecule has 0 aromatic heterocycles. The molecule has 1 N–H and O–H groups in total. The first kappa shape index (κ1) is 17.5. The number of aliphatic hydroxyl groups is 1. The van der Waals surface area contributed by atoms with Crippen molar-refractivity contribution in [3.8, 4) is 0 Å². The van der Waals surface area contributed by atoms with Gasteiger partial charge in [-0.3, -0.25) is 14.7 Å². The first-order chi connectivity index (χ1) is 11.7. The maximum atomic E-state index is 12.5. The van der Waals surface area contributed by atoms with Crippen molar-refractivity contribution in [3.05, 3.63) is 47.4 Å². The van der Waals surface area contributed by atoms with E-state index in [1.54, 1.807) is 20.8 Å². The first-order valence-corrected chi connectivity index (χ1v) is 8.83. The van der Waals surface area contributed by atoms with Crippen LogP contribution in [0.4, 0.5) is 0 Å². The predicted molar refractivity (Wildman–Crippen MR) is 96.2 cm³/mol. The standard InChI is InChI=1S/C18H20N2O4S/c1-10(21)13(17(23)24-18(2,3)4)20-15(22)12-16(20)25-14(19-12)11-8-6-5-7-9-11/h5-9,12,16,21H,1-4H3/b13-10-. The molecule has 1 aromatic carbocycles. The zero-order valence-electron chi connectivity index (χ0n) is 14.5. The number of allylic oxidation sites excluding steroid dienone is 1. The van der Waals surface area contributed by atoms with Gasteiger partial charge in [-0.05, 0) is 27.7 Å². The van der Waals surface area contributed by atoms with Crippen LogP contribution in [0.25, 0.3) is 0 Å². The number of aliphatic hydroxyl groups excluding tert-OH is 1. The van der Waals surface area contributed by atoms with Gasteiger partial charge in [-0.2, -0.15) is 0 Å². The highest BCUT2D eigenvalue weighted by atomic mass is 32.2. The molecule has 1 aromatic rings. The van der Waals surface area contributed by atoms with E-state index in [1.807, 2.05) is 30.3 Å². The van der Waals surface area contributed by atoms with E-state index in [2.05, 4.69) is 4.99 Å². The smallest absolute Gasteiger partial charge is 0.359 e. The van der Waals surface area contributed by atoms with Crippen molar-refractivity contribution in [2.45, 2.75) is 44.7 Å². The molecular formula is C18H20N2O4S. The maximum Gasteiger partial charge on any atom is 0.359 e. The van der Waals surface area contributed by atoms with Crippen LogP contribution in [0.2, 0.25) is 0 Å². The number of aliphatic imine (C=N–C) groups is 1. The minimum Gasteiger partial charge on any atom is -0.510 e. The SMILES string of the molecule is C/C(O)=C(\C(=O)OC(C)(C)C)N1C(=O)C2N=C(c3ccccc3)SC21. The largest absolute Gasteiger partial charge is 0.510 e. The third-order valence-corrected chi connectivity index (χ3v) is 4.97. The highest BCUT2D eigenvalue weighted by Crippen LogP contribution is 2.43. The van der Waals surface area contributed by atoms with Gasteiger partial charge in [0.25, 0.3) is 5.91 Å². The molecule has 2 aliphatic heterocycles. The van der Waals surface area contributed by atoms with Gasteiger partial charge in [-0.15, -0.1) is 0 Å². The molecule has 7 heteroatoms. The molecule has 25 heavy (non-hydrogen) atoms. The number of esters is 1. The number of hydrogen-bond donors (Lipinski definition) is 1. The molecule has 1 fully saturated rings. The van der Waals surface area contributed by atoms with E-state index in [9.17, 15) is 14.7 Å². The summed E-state index contributed by atoms with van der Waals surface area (Å²) >= 11 is 1.41. The summed E-state index contributed by atoms with van der Waals surface area (Å²) in [4.78, 5) is 30.7. The number of rotatable bonds is 3. The average Bonchev–Trinajstić information content (AvgIpc) is 2.91. The van der Waals surface area contributed by atoms with Crippen LogP contribution >= 0.6 is 11.8 Å². The number of fused-ring (bicyclic) bond motifs is 1. The Morgan fingerprint density at radius 1 is 1.28 bits per heavy atom. The second kappa shape index (κ2) is 6.22. The molecular weight excluding hydrogens is 340 g/mol. The quantitative estimate of drug-likeness (QED) is 0.388. The van der Waals surface area contributed by atoms with Gasteiger partial charge in [-0.25, -0.2) is 4.79 Å². The number of thioether (sulfide) groups is 1. The lowest BCUT2D eigenvalue weighted by Gasteiger charge is -2.41. The van der Waals surface area contributed by atoms with E-state index in [-0.39, 0.29) is 22.7 Å². The number of carbonyl (C=O) groups excluding carboxylic acids is 2. The number of carbonyl (C=O) groups is 2. The van der Waals surface area contributed by atoms with Crippen LogP contribution in [0, 0.1) is 0 Å². The van der Waals surface area contributed by atoms with Crippen LogP contribution in [0.15, 0.2) is 46.8 Å². The van der Waals surface area contributed by atoms with Crippen LogP contribution in [0.3, 0.4) is 0 Å². The summed E-state index contributed by atoms with van der Waals surface area (Å²) in [6.07, 6.45) is 0. The molecule has 2 atom stereocenters. The topological polar surface area (TPSA) is 79.2 Å². The molecule has 0 saturated carbocycles. The van der Waals surface area contributed by atoms with Crippen molar-refractivity contribution in [3.63, 3.8) is 0 Å². The Balaban J connectivity index is 1.83. The zero-order valence-corrected chi connectivity index (χ0v) is 15.3. The molecule has 2 aliphatic rings. The molecule has 2 unspecified atom stereocenters. The van der Waals surface area contributed by atoms with Gasteiger partial charge in [0.15, 0.2) is 11.7 Å². The van der Waals surface area contributed by atoms with E-state index in [0.29, 0.717) is 0 Å². The Morgan fingerprint density at radius 3 is 2.48 bits per heavy atom. The monoisotopic (exact) mass is 360 g/mol. The Bertz CT molecular complexity index is 776. The molecule has 0 radical (unpaired) electrons. The Hall–Kier alpha value is -2.28. The van der Waals surface area contributed by atoms with E-state index < -0.39 is 17.6 Å². The second-order valence-corrected chi connectivity index (χ2v) is 8.00. The Morgan fingerprint density at radius 2 is 1.92 bits per heavy atom. The highest BCUT2D eigenvalue weighted by Gasteiger charge is 2.55. The number of nitrogens with zero attached hydrogens (tertiary/aromatic N) is 2. The number of ether oxygens (including phenoxy) is 1. The maximum absolute atomic E-state index is 12.5. The fraction of sp³-hybridized carbons (Fsp3) is 0.389. The number of β-lactam (4-membered cyclic amide) rings is 1. The van der Waals surface area contributed by atoms with E-state index in [4.69, 9.17) is 4.74 Å². The summed E-state index contributed by atoms with van der Waals surface area (Å²) in [7, 11) is 0. The van der Waals surface area contributed by atoms with Gasteiger partial charge >= 0.3 is 5.97 Å². The van der Waals surface area contributed by atoms with E-state index in [0.717, 1.165) is 10.6 Å². The lowest BCUT2D eigenvalue weighted by Crippen LogP contribution is -2.61. The van der Waals surface area contributed by atoms with Crippen molar-refractivity contribution >= 4 is 28.7 Å². The summed E-state index contributed by atoms with van der Waals surface area (Å²) < 4.78 is 5.33. The summed E-state index contributed by atoms with van der Waals surface area (Å²) in [6, 6.07) is 9.04. The van der Waals surface area contributed by atoms with Crippen molar-refractivity contribution in [2.24, 2.45) is 4.99 Å². The van der Waals surface area contributed by atoms with Crippen molar-refractivity contribution in [2.75, 3.05) is 0 Å². The molecule has 0 bridgehead atoms. The van der Waals surface area contributed by atoms with Crippen LogP contribution in [-0.4, -0.2) is 43.9 Å². The summed E-state index contributed by atoms with van der Waals surface area (Å²) in [5.74, 6) is -1.26. The number of likely N-dealkylation sites (tertiary alicyclic amines) is 1. The van der Waals surface area contributed by atoms with Crippen molar-refractivity contribution in [1.82, 2.24) is 4.90 Å². The molecule has 6 nitrogen and oxygen atoms in total. The van der Waals surface area contributed by atoms with Crippen molar-refractivity contribution < 1.29 is 19.4 Å². The minimum atomic E-state index is -0.723. The van der Waals surface area contributed by atoms with Gasteiger partial charge in [0, 0.05) is 5.56 Å². The molecule has 3 rings (SSSR count). The molecule has 0 spiro atoms. The highest BCUT2D eigenvalue weighted by molar-refractivity contribution is 8.15. The minimum absolute atomic E-state index is 0.113. The zero-order chi connectivity index (χ0) is 18.4. The third kappa shape index (κ3) is 3.28. The third-order valence-electron chi connectivity index (χ3n) is 3.70. The average molecular weight is 360 g/mol. The van der Waals surface area contributed by atoms with Gasteiger partial charge < -0.3 is 9.84 Å². The van der Waals surface area contributed by atoms with Crippen LogP contribution in [0.1, 0.15) is 33.3 Å². The van der Waals surface area contributed by atoms with Crippen molar-refractivity contribution in [1.29, 1.82) is 0 Å². The molecule has 0 aliphatic carbocycles. The van der Waals surface area contributed by atoms with Gasteiger partial charge in [0.05, 0.1) is 0 Å². The second-order valence-electron chi connectivity index (χ2n) is 6.90. The number of amides is 1. The fourth-order valence-corrected chi connectivity index (χ4v) is 3.96. The summed E-state index contributed by atoms with van der Waals surface area (Å²) in [5, 5.41) is 10.4. The number of hydrogen-bond acceptors (Lipinski definition) is 6. The summed E-state index contributed by atoms with van der Waals surface area (Å²) in [6.45, 7) is 6.57. The Labute approximate surface area is 150 Å². The normalized spacial score (nSPS) is 23.4. The van der Waals surface area contributed by atoms with E-state index >= 15 is 0 Å². The van der Waals surface area contributed by atoms with Gasteiger partial charge in [0.2, 0.25) is 0 Å². The molecule has 1 amide bonds. The lowest BCUT2D eigenvalue weighted by atomic mass is 10.1. The molecule has 1 saturated heterocycles.